The number of aliphatic carboxylic acids is 1. The molecule has 0 bridgehead atoms. The van der Waals surface area contributed by atoms with Crippen molar-refractivity contribution in [2.45, 2.75) is 31.6 Å². The molecule has 136 valence electrons. The summed E-state index contributed by atoms with van der Waals surface area (Å²) in [6, 6.07) is 16.4. The number of isocyanates is 1. The smallest absolute Gasteiger partial charge is 0.360 e. The predicted octanol–water partition coefficient (Wildman–Crippen LogP) is 3.52. The zero-order valence-electron chi connectivity index (χ0n) is 14.7. The normalized spacial score (nSPS) is 13.9. The summed E-state index contributed by atoms with van der Waals surface area (Å²) >= 11 is 0. The van der Waals surface area contributed by atoms with Crippen LogP contribution in [0.5, 0.6) is 5.75 Å². The second kappa shape index (κ2) is 8.94. The molecule has 1 N–H and O–H groups in total. The summed E-state index contributed by atoms with van der Waals surface area (Å²) in [6.07, 6.45) is 1.35. The molecule has 0 aliphatic rings. The van der Waals surface area contributed by atoms with Crippen LogP contribution < -0.4 is 4.74 Å². The lowest BCUT2D eigenvalue weighted by Crippen LogP contribution is -2.41. The molecule has 2 aromatic rings. The number of carbonyl (C=O) groups is 1. The minimum absolute atomic E-state index is 0.00324. The lowest BCUT2D eigenvalue weighted by atomic mass is 9.91. The highest BCUT2D eigenvalue weighted by molar-refractivity contribution is 5.78. The third-order valence-electron chi connectivity index (χ3n) is 4.15. The Labute approximate surface area is 152 Å². The summed E-state index contributed by atoms with van der Waals surface area (Å²) in [5.74, 6) is -0.835. The molecule has 2 rings (SSSR count). The number of methoxy groups -OCH3 is 1. The van der Waals surface area contributed by atoms with E-state index in [1.54, 1.807) is 19.2 Å². The average Bonchev–Trinajstić information content (AvgIpc) is 2.67. The number of carboxylic acid groups (broad SMARTS) is 1. The first-order chi connectivity index (χ1) is 12.5. The van der Waals surface area contributed by atoms with Crippen LogP contribution in [0, 0.1) is 0 Å². The topological polar surface area (TPSA) is 85.2 Å². The number of rotatable bonds is 9. The van der Waals surface area contributed by atoms with Crippen LogP contribution in [0.1, 0.15) is 30.4 Å². The van der Waals surface area contributed by atoms with Crippen LogP contribution in [0.15, 0.2) is 59.6 Å². The highest BCUT2D eigenvalue weighted by atomic mass is 16.5. The Morgan fingerprint density at radius 1 is 1.19 bits per heavy atom. The van der Waals surface area contributed by atoms with Gasteiger partial charge in [-0.05, 0) is 29.2 Å². The van der Waals surface area contributed by atoms with Crippen LogP contribution in [0.3, 0.4) is 0 Å². The molecule has 6 nitrogen and oxygen atoms in total. The van der Waals surface area contributed by atoms with Crippen molar-refractivity contribution in [3.63, 3.8) is 0 Å². The Bertz CT molecular complexity index is 765. The fourth-order valence-corrected chi connectivity index (χ4v) is 2.65. The largest absolute Gasteiger partial charge is 0.497 e. The molecule has 0 aliphatic carbocycles. The zero-order valence-corrected chi connectivity index (χ0v) is 14.7. The van der Waals surface area contributed by atoms with Crippen molar-refractivity contribution in [1.82, 2.24) is 0 Å². The monoisotopic (exact) mass is 355 g/mol. The molecule has 0 amide bonds. The molecule has 0 fully saturated rings. The molecule has 0 heterocycles. The summed E-state index contributed by atoms with van der Waals surface area (Å²) < 4.78 is 10.7. The summed E-state index contributed by atoms with van der Waals surface area (Å²) in [5.41, 5.74) is -0.311. The number of nitrogens with zero attached hydrogens (tertiary/aromatic N) is 1. The van der Waals surface area contributed by atoms with Crippen molar-refractivity contribution >= 4 is 12.0 Å². The molecule has 0 saturated carbocycles. The van der Waals surface area contributed by atoms with Gasteiger partial charge in [0.05, 0.1) is 13.7 Å². The minimum atomic E-state index is -1.99. The maximum absolute atomic E-state index is 11.9. The molecule has 0 aromatic heterocycles. The quantitative estimate of drug-likeness (QED) is 0.549. The number of hydrogen-bond acceptors (Lipinski definition) is 5. The van der Waals surface area contributed by atoms with E-state index in [1.807, 2.05) is 49.4 Å². The van der Waals surface area contributed by atoms with E-state index in [1.165, 1.54) is 6.08 Å². The van der Waals surface area contributed by atoms with Crippen LogP contribution in [0.2, 0.25) is 0 Å². The van der Waals surface area contributed by atoms with E-state index in [9.17, 15) is 14.7 Å². The maximum Gasteiger partial charge on any atom is 0.360 e. The molecule has 2 aromatic carbocycles. The number of aliphatic imine (C=N–C) groups is 1. The standard InChI is InChI=1S/C20H21NO5/c1-15(17-8-10-18(25-2)11-9-17)12-20(19(23)24,21-14-22)26-13-16-6-4-3-5-7-16/h3-11,15H,12-13H2,1-2H3,(H,23,24). The van der Waals surface area contributed by atoms with Gasteiger partial charge < -0.3 is 14.6 Å². The average molecular weight is 355 g/mol. The summed E-state index contributed by atoms with van der Waals surface area (Å²) in [6.45, 7) is 1.87. The van der Waals surface area contributed by atoms with Gasteiger partial charge in [-0.25, -0.2) is 9.59 Å². The Hall–Kier alpha value is -2.95. The van der Waals surface area contributed by atoms with Crippen LogP contribution in [0.4, 0.5) is 0 Å². The van der Waals surface area contributed by atoms with E-state index in [0.717, 1.165) is 11.1 Å². The van der Waals surface area contributed by atoms with Gasteiger partial charge in [-0.2, -0.15) is 4.99 Å². The lowest BCUT2D eigenvalue weighted by molar-refractivity contribution is -0.168. The number of carboxylic acids is 1. The Kier molecular flexibility index (Phi) is 6.67. The molecule has 0 radical (unpaired) electrons. The van der Waals surface area contributed by atoms with Crippen LogP contribution in [0.25, 0.3) is 0 Å². The molecule has 6 heteroatoms. The second-order valence-corrected chi connectivity index (χ2v) is 5.95. The van der Waals surface area contributed by atoms with E-state index in [0.29, 0.717) is 5.75 Å². The molecular weight excluding hydrogens is 334 g/mol. The SMILES string of the molecule is COc1ccc(C(C)CC(N=C=O)(OCc2ccccc2)C(=O)O)cc1. The van der Waals surface area contributed by atoms with Gasteiger partial charge in [0.15, 0.2) is 0 Å². The lowest BCUT2D eigenvalue weighted by Gasteiger charge is -2.27. The Morgan fingerprint density at radius 3 is 2.38 bits per heavy atom. The van der Waals surface area contributed by atoms with Crippen molar-refractivity contribution < 1.29 is 24.2 Å². The highest BCUT2D eigenvalue weighted by Crippen LogP contribution is 2.31. The van der Waals surface area contributed by atoms with Crippen molar-refractivity contribution in [1.29, 1.82) is 0 Å². The van der Waals surface area contributed by atoms with Gasteiger partial charge in [-0.3, -0.25) is 0 Å². The number of carbonyl (C=O) groups excluding carboxylic acids is 1. The van der Waals surface area contributed by atoms with E-state index in [2.05, 4.69) is 4.99 Å². The first kappa shape index (κ1) is 19.4. The summed E-state index contributed by atoms with van der Waals surface area (Å²) in [4.78, 5) is 26.3. The number of benzene rings is 2. The van der Waals surface area contributed by atoms with Crippen molar-refractivity contribution in [3.05, 3.63) is 65.7 Å². The fourth-order valence-electron chi connectivity index (χ4n) is 2.65. The Balaban J connectivity index is 2.22. The van der Waals surface area contributed by atoms with Gasteiger partial charge in [0.1, 0.15) is 5.75 Å². The highest BCUT2D eigenvalue weighted by Gasteiger charge is 2.41. The first-order valence-corrected chi connectivity index (χ1v) is 8.15. The van der Waals surface area contributed by atoms with E-state index < -0.39 is 11.7 Å². The molecule has 0 spiro atoms. The summed E-state index contributed by atoms with van der Waals surface area (Å²) in [7, 11) is 1.57. The van der Waals surface area contributed by atoms with Gasteiger partial charge in [0, 0.05) is 6.42 Å². The number of hydrogen-bond donors (Lipinski definition) is 1. The Morgan fingerprint density at radius 2 is 1.85 bits per heavy atom. The molecule has 2 atom stereocenters. The third kappa shape index (κ3) is 4.79. The molecule has 26 heavy (non-hydrogen) atoms. The van der Waals surface area contributed by atoms with Crippen molar-refractivity contribution in [3.8, 4) is 5.75 Å². The fraction of sp³-hybridized carbons (Fsp3) is 0.300. The van der Waals surface area contributed by atoms with Crippen molar-refractivity contribution in [2.24, 2.45) is 4.99 Å². The van der Waals surface area contributed by atoms with E-state index >= 15 is 0 Å². The van der Waals surface area contributed by atoms with Gasteiger partial charge in [-0.15, -0.1) is 0 Å². The van der Waals surface area contributed by atoms with Gasteiger partial charge in [0.25, 0.3) is 5.72 Å². The maximum atomic E-state index is 11.9. The van der Waals surface area contributed by atoms with Crippen molar-refractivity contribution in [2.75, 3.05) is 7.11 Å². The van der Waals surface area contributed by atoms with E-state index in [-0.39, 0.29) is 18.9 Å². The van der Waals surface area contributed by atoms with Gasteiger partial charge in [0.2, 0.25) is 6.08 Å². The molecular formula is C20H21NO5. The number of ether oxygens (including phenoxy) is 2. The third-order valence-corrected chi connectivity index (χ3v) is 4.15. The van der Waals surface area contributed by atoms with Crippen LogP contribution in [-0.4, -0.2) is 30.0 Å². The molecule has 0 aliphatic heterocycles. The molecule has 2 unspecified atom stereocenters. The second-order valence-electron chi connectivity index (χ2n) is 5.95. The summed E-state index contributed by atoms with van der Waals surface area (Å²) in [5, 5.41) is 9.69. The van der Waals surface area contributed by atoms with Crippen LogP contribution in [-0.2, 0) is 20.9 Å². The predicted molar refractivity (Wildman–Crippen MR) is 95.7 cm³/mol. The zero-order chi connectivity index (χ0) is 19.0. The minimum Gasteiger partial charge on any atom is -0.497 e. The first-order valence-electron chi connectivity index (χ1n) is 8.15. The van der Waals surface area contributed by atoms with Crippen LogP contribution >= 0.6 is 0 Å². The van der Waals surface area contributed by atoms with Gasteiger partial charge >= 0.3 is 5.97 Å². The molecule has 0 saturated heterocycles. The van der Waals surface area contributed by atoms with E-state index in [4.69, 9.17) is 9.47 Å². The van der Waals surface area contributed by atoms with Gasteiger partial charge in [-0.1, -0.05) is 49.4 Å².